The Morgan fingerprint density at radius 1 is 1.54 bits per heavy atom. The standard InChI is InChI=1S/C19H24N4OS2/c1-19(2,3)12-5-6-13-14(10-20)17(26-15(13)9-12)22-16(24)11-25-18-21-7-8-23(18)4/h7-8,12H,5-6,9,11H2,1-4H3,(H,22,24)/t12-/m0/s1. The summed E-state index contributed by atoms with van der Waals surface area (Å²) in [5.74, 6) is 0.797. The number of aromatic nitrogens is 2. The van der Waals surface area contributed by atoms with Gasteiger partial charge in [-0.05, 0) is 36.2 Å². The number of fused-ring (bicyclic) bond motifs is 1. The number of hydrogen-bond acceptors (Lipinski definition) is 5. The van der Waals surface area contributed by atoms with Crippen molar-refractivity contribution in [3.8, 4) is 6.07 Å². The van der Waals surface area contributed by atoms with Gasteiger partial charge in [0.05, 0.1) is 11.3 Å². The van der Waals surface area contributed by atoms with Gasteiger partial charge in [0, 0.05) is 24.3 Å². The summed E-state index contributed by atoms with van der Waals surface area (Å²) >= 11 is 2.97. The fourth-order valence-corrected chi connectivity index (χ4v) is 5.34. The Hall–Kier alpha value is -1.78. The van der Waals surface area contributed by atoms with E-state index in [1.807, 2.05) is 17.8 Å². The number of thiophene rings is 1. The minimum absolute atomic E-state index is 0.0968. The number of aryl methyl sites for hydroxylation is 1. The Balaban J connectivity index is 1.71. The summed E-state index contributed by atoms with van der Waals surface area (Å²) in [5.41, 5.74) is 2.06. The zero-order chi connectivity index (χ0) is 18.9. The smallest absolute Gasteiger partial charge is 0.235 e. The molecular formula is C19H24N4OS2. The van der Waals surface area contributed by atoms with Crippen LogP contribution in [-0.4, -0.2) is 21.2 Å². The zero-order valence-corrected chi connectivity index (χ0v) is 17.3. The molecule has 26 heavy (non-hydrogen) atoms. The molecule has 0 fully saturated rings. The van der Waals surface area contributed by atoms with E-state index in [9.17, 15) is 10.1 Å². The molecule has 2 heterocycles. The summed E-state index contributed by atoms with van der Waals surface area (Å²) in [7, 11) is 1.90. The van der Waals surface area contributed by atoms with Crippen LogP contribution in [0, 0.1) is 22.7 Å². The molecule has 0 spiro atoms. The van der Waals surface area contributed by atoms with Gasteiger partial charge in [-0.15, -0.1) is 11.3 Å². The summed E-state index contributed by atoms with van der Waals surface area (Å²) < 4.78 is 1.88. The fourth-order valence-electron chi connectivity index (χ4n) is 3.32. The fraction of sp³-hybridized carbons (Fsp3) is 0.526. The third kappa shape index (κ3) is 3.97. The number of anilines is 1. The van der Waals surface area contributed by atoms with E-state index in [0.717, 1.165) is 30.0 Å². The molecule has 0 saturated carbocycles. The first-order chi connectivity index (χ1) is 12.3. The highest BCUT2D eigenvalue weighted by molar-refractivity contribution is 7.99. The molecule has 2 aromatic rings. The predicted octanol–water partition coefficient (Wildman–Crippen LogP) is 4.24. The molecule has 0 aromatic carbocycles. The van der Waals surface area contributed by atoms with E-state index in [1.165, 1.54) is 16.6 Å². The Labute approximate surface area is 162 Å². The largest absolute Gasteiger partial charge is 0.329 e. The van der Waals surface area contributed by atoms with Crippen LogP contribution < -0.4 is 5.32 Å². The Morgan fingerprint density at radius 3 is 2.92 bits per heavy atom. The molecule has 7 heteroatoms. The first-order valence-corrected chi connectivity index (χ1v) is 10.5. The number of carbonyl (C=O) groups excluding carboxylic acids is 1. The molecule has 1 atom stereocenters. The maximum Gasteiger partial charge on any atom is 0.235 e. The SMILES string of the molecule is Cn1ccnc1SCC(=O)Nc1sc2c(c1C#N)CC[C@H](C(C)(C)C)C2. The number of thioether (sulfide) groups is 1. The molecule has 1 N–H and O–H groups in total. The van der Waals surface area contributed by atoms with Crippen molar-refractivity contribution in [1.29, 1.82) is 5.26 Å². The Bertz CT molecular complexity index is 854. The van der Waals surface area contributed by atoms with Crippen molar-refractivity contribution in [2.24, 2.45) is 18.4 Å². The maximum absolute atomic E-state index is 12.4. The van der Waals surface area contributed by atoms with Gasteiger partial charge in [-0.1, -0.05) is 32.5 Å². The van der Waals surface area contributed by atoms with Gasteiger partial charge in [0.2, 0.25) is 5.91 Å². The van der Waals surface area contributed by atoms with E-state index in [0.29, 0.717) is 16.5 Å². The lowest BCUT2D eigenvalue weighted by molar-refractivity contribution is -0.113. The third-order valence-corrected chi connectivity index (χ3v) is 7.19. The van der Waals surface area contributed by atoms with Crippen molar-refractivity contribution < 1.29 is 4.79 Å². The van der Waals surface area contributed by atoms with Gasteiger partial charge in [0.15, 0.2) is 5.16 Å². The van der Waals surface area contributed by atoms with Crippen molar-refractivity contribution in [3.05, 3.63) is 28.4 Å². The maximum atomic E-state index is 12.4. The minimum atomic E-state index is -0.0968. The Kier molecular flexibility index (Phi) is 5.44. The van der Waals surface area contributed by atoms with Crippen LogP contribution in [0.5, 0.6) is 0 Å². The van der Waals surface area contributed by atoms with Gasteiger partial charge >= 0.3 is 0 Å². The van der Waals surface area contributed by atoms with Crippen molar-refractivity contribution in [2.75, 3.05) is 11.1 Å². The monoisotopic (exact) mass is 388 g/mol. The van der Waals surface area contributed by atoms with Crippen LogP contribution in [0.1, 0.15) is 43.2 Å². The lowest BCUT2D eigenvalue weighted by Crippen LogP contribution is -2.26. The lowest BCUT2D eigenvalue weighted by Gasteiger charge is -2.33. The first kappa shape index (κ1) is 19.0. The molecule has 0 saturated heterocycles. The Morgan fingerprint density at radius 2 is 2.31 bits per heavy atom. The van der Waals surface area contributed by atoms with Crippen molar-refractivity contribution in [2.45, 2.75) is 45.2 Å². The van der Waals surface area contributed by atoms with Crippen molar-refractivity contribution in [1.82, 2.24) is 9.55 Å². The summed E-state index contributed by atoms with van der Waals surface area (Å²) in [6, 6.07) is 2.31. The molecule has 0 aliphatic heterocycles. The average Bonchev–Trinajstić information content (AvgIpc) is 3.13. The van der Waals surface area contributed by atoms with E-state index >= 15 is 0 Å². The van der Waals surface area contributed by atoms with Crippen LogP contribution in [0.2, 0.25) is 0 Å². The van der Waals surface area contributed by atoms with Crippen LogP contribution in [0.3, 0.4) is 0 Å². The topological polar surface area (TPSA) is 70.7 Å². The second kappa shape index (κ2) is 7.45. The summed E-state index contributed by atoms with van der Waals surface area (Å²) in [6.45, 7) is 6.83. The van der Waals surface area contributed by atoms with Gasteiger partial charge in [0.1, 0.15) is 11.1 Å². The van der Waals surface area contributed by atoms with Crippen molar-refractivity contribution in [3.63, 3.8) is 0 Å². The molecule has 0 radical (unpaired) electrons. The second-order valence-corrected chi connectivity index (χ2v) is 9.83. The number of rotatable bonds is 4. The summed E-state index contributed by atoms with van der Waals surface area (Å²) in [5, 5.41) is 14.1. The number of amides is 1. The first-order valence-electron chi connectivity index (χ1n) is 8.74. The molecule has 0 bridgehead atoms. The number of nitriles is 1. The van der Waals surface area contributed by atoms with Gasteiger partial charge in [-0.25, -0.2) is 4.98 Å². The number of hydrogen-bond donors (Lipinski definition) is 1. The summed E-state index contributed by atoms with van der Waals surface area (Å²) in [6.07, 6.45) is 6.59. The lowest BCUT2D eigenvalue weighted by atomic mass is 9.72. The van der Waals surface area contributed by atoms with Gasteiger partial charge in [0.25, 0.3) is 0 Å². The van der Waals surface area contributed by atoms with E-state index in [-0.39, 0.29) is 17.1 Å². The van der Waals surface area contributed by atoms with Crippen LogP contribution in [0.4, 0.5) is 5.00 Å². The molecule has 1 aliphatic rings. The van der Waals surface area contributed by atoms with Crippen LogP contribution in [0.15, 0.2) is 17.6 Å². The van der Waals surface area contributed by atoms with Crippen LogP contribution >= 0.6 is 23.1 Å². The minimum Gasteiger partial charge on any atom is -0.329 e. The highest BCUT2D eigenvalue weighted by atomic mass is 32.2. The number of imidazole rings is 1. The van der Waals surface area contributed by atoms with Crippen molar-refractivity contribution >= 4 is 34.0 Å². The van der Waals surface area contributed by atoms with Gasteiger partial charge in [-0.3, -0.25) is 4.79 Å². The molecular weight excluding hydrogens is 364 g/mol. The molecule has 0 unspecified atom stereocenters. The molecule has 1 amide bonds. The molecule has 3 rings (SSSR count). The normalized spacial score (nSPS) is 16.8. The average molecular weight is 389 g/mol. The predicted molar refractivity (Wildman–Crippen MR) is 107 cm³/mol. The van der Waals surface area contributed by atoms with Gasteiger partial charge < -0.3 is 9.88 Å². The molecule has 2 aromatic heterocycles. The molecule has 1 aliphatic carbocycles. The zero-order valence-electron chi connectivity index (χ0n) is 15.6. The highest BCUT2D eigenvalue weighted by Gasteiger charge is 2.32. The van der Waals surface area contributed by atoms with E-state index in [2.05, 4.69) is 37.1 Å². The van der Waals surface area contributed by atoms with Gasteiger partial charge in [-0.2, -0.15) is 5.26 Å². The van der Waals surface area contributed by atoms with Crippen LogP contribution in [0.25, 0.3) is 0 Å². The highest BCUT2D eigenvalue weighted by Crippen LogP contribution is 2.44. The van der Waals surface area contributed by atoms with E-state index in [4.69, 9.17) is 0 Å². The van der Waals surface area contributed by atoms with E-state index < -0.39 is 0 Å². The van der Waals surface area contributed by atoms with E-state index in [1.54, 1.807) is 17.5 Å². The quantitative estimate of drug-likeness (QED) is 0.796. The number of carbonyl (C=O) groups is 1. The summed E-state index contributed by atoms with van der Waals surface area (Å²) in [4.78, 5) is 17.8. The third-order valence-electron chi connectivity index (χ3n) is 4.96. The number of nitrogens with zero attached hydrogens (tertiary/aromatic N) is 3. The molecule has 138 valence electrons. The second-order valence-electron chi connectivity index (χ2n) is 7.78. The van der Waals surface area contributed by atoms with Crippen LogP contribution in [-0.2, 0) is 24.7 Å². The number of nitrogens with one attached hydrogen (secondary N) is 1. The molecule has 5 nitrogen and oxygen atoms in total.